The van der Waals surface area contributed by atoms with Gasteiger partial charge in [-0.25, -0.2) is 0 Å². The molecule has 0 aliphatic heterocycles. The van der Waals surface area contributed by atoms with E-state index in [2.05, 4.69) is 0 Å². The summed E-state index contributed by atoms with van der Waals surface area (Å²) in [6.45, 7) is 1.52. The van der Waals surface area contributed by atoms with Crippen LogP contribution >= 0.6 is 24.8 Å². The Morgan fingerprint density at radius 2 is 1.45 bits per heavy atom. The Labute approximate surface area is 76.4 Å². The molecule has 0 aliphatic rings. The number of aliphatic carboxylic acids is 2. The zero-order valence-electron chi connectivity index (χ0n) is 5.81. The van der Waals surface area contributed by atoms with Crippen LogP contribution in [0.2, 0.25) is 0 Å². The van der Waals surface area contributed by atoms with E-state index in [9.17, 15) is 9.59 Å². The summed E-state index contributed by atoms with van der Waals surface area (Å²) < 4.78 is 0. The minimum Gasteiger partial charge on any atom is -0.481 e. The summed E-state index contributed by atoms with van der Waals surface area (Å²) in [5.74, 6) is -3.79. The van der Waals surface area contributed by atoms with E-state index in [-0.39, 0.29) is 31.2 Å². The molecule has 0 saturated heterocycles. The second-order valence-electron chi connectivity index (χ2n) is 1.64. The first-order valence-electron chi connectivity index (χ1n) is 2.55. The Kier molecular flexibility index (Phi) is 11.7. The van der Waals surface area contributed by atoms with E-state index in [4.69, 9.17) is 10.2 Å². The quantitative estimate of drug-likeness (QED) is 0.674. The molecule has 0 bridgehead atoms. The zero-order chi connectivity index (χ0) is 7.44. The van der Waals surface area contributed by atoms with Crippen LogP contribution in [-0.2, 0) is 9.59 Å². The van der Waals surface area contributed by atoms with Gasteiger partial charge in [0, 0.05) is 0 Å². The van der Waals surface area contributed by atoms with Gasteiger partial charge in [0.15, 0.2) is 5.92 Å². The number of carbonyl (C=O) groups is 2. The fourth-order valence-corrected chi connectivity index (χ4v) is 0.455. The molecule has 0 unspecified atom stereocenters. The van der Waals surface area contributed by atoms with Gasteiger partial charge in [-0.1, -0.05) is 6.92 Å². The highest BCUT2D eigenvalue weighted by Crippen LogP contribution is 2.00. The van der Waals surface area contributed by atoms with E-state index < -0.39 is 17.9 Å². The molecule has 4 nitrogen and oxygen atoms in total. The van der Waals surface area contributed by atoms with E-state index in [0.717, 1.165) is 0 Å². The summed E-state index contributed by atoms with van der Waals surface area (Å²) in [5.41, 5.74) is 0. The smallest absolute Gasteiger partial charge is 0.317 e. The van der Waals surface area contributed by atoms with Crippen LogP contribution in [0.5, 0.6) is 0 Å². The highest BCUT2D eigenvalue weighted by atomic mass is 35.5. The van der Waals surface area contributed by atoms with Crippen molar-refractivity contribution >= 4 is 36.8 Å². The van der Waals surface area contributed by atoms with Crippen LogP contribution in [0.25, 0.3) is 0 Å². The number of rotatable bonds is 3. The van der Waals surface area contributed by atoms with Gasteiger partial charge in [0.1, 0.15) is 0 Å². The lowest BCUT2D eigenvalue weighted by Gasteiger charge is -2.00. The first kappa shape index (κ1) is 16.9. The van der Waals surface area contributed by atoms with Crippen LogP contribution in [-0.4, -0.2) is 22.2 Å². The molecule has 0 aliphatic carbocycles. The summed E-state index contributed by atoms with van der Waals surface area (Å²) in [5, 5.41) is 16.3. The second kappa shape index (κ2) is 7.63. The van der Waals surface area contributed by atoms with Gasteiger partial charge < -0.3 is 10.2 Å². The summed E-state index contributed by atoms with van der Waals surface area (Å²) in [7, 11) is 0. The lowest BCUT2D eigenvalue weighted by molar-refractivity contribution is -0.154. The number of carboxylic acid groups (broad SMARTS) is 2. The van der Waals surface area contributed by atoms with Gasteiger partial charge in [-0.05, 0) is 6.42 Å². The average molecular weight is 205 g/mol. The topological polar surface area (TPSA) is 74.6 Å². The predicted octanol–water partition coefficient (Wildman–Crippen LogP) is 1.03. The molecule has 0 spiro atoms. The highest BCUT2D eigenvalue weighted by Gasteiger charge is 2.22. The largest absolute Gasteiger partial charge is 0.481 e. The molecule has 0 saturated carbocycles. The second-order valence-corrected chi connectivity index (χ2v) is 1.64. The van der Waals surface area contributed by atoms with Gasteiger partial charge in [-0.2, -0.15) is 0 Å². The van der Waals surface area contributed by atoms with Crippen LogP contribution in [0.15, 0.2) is 0 Å². The van der Waals surface area contributed by atoms with Crippen LogP contribution in [0.3, 0.4) is 0 Å². The lowest BCUT2D eigenvalue weighted by Crippen LogP contribution is -2.21. The average Bonchev–Trinajstić information content (AvgIpc) is 1.64. The van der Waals surface area contributed by atoms with Crippen molar-refractivity contribution in [2.45, 2.75) is 13.3 Å². The van der Waals surface area contributed by atoms with Crippen LogP contribution < -0.4 is 0 Å². The van der Waals surface area contributed by atoms with E-state index in [1.165, 1.54) is 6.92 Å². The van der Waals surface area contributed by atoms with Crippen LogP contribution in [0.1, 0.15) is 13.3 Å². The fourth-order valence-electron chi connectivity index (χ4n) is 0.455. The molecule has 0 radical (unpaired) electrons. The molecule has 0 amide bonds. The standard InChI is InChI=1S/C5H8O4.2ClH/c1-2-3(4(6)7)5(8)9;;/h3H,2H2,1H3,(H,6,7)(H,8,9);2*1H. The summed E-state index contributed by atoms with van der Waals surface area (Å²) in [4.78, 5) is 20.0. The molecular weight excluding hydrogens is 195 g/mol. The SMILES string of the molecule is CCC(C(=O)O)C(=O)O.Cl.Cl. The third-order valence-electron chi connectivity index (χ3n) is 1.00. The van der Waals surface area contributed by atoms with Crippen molar-refractivity contribution in [2.24, 2.45) is 5.92 Å². The summed E-state index contributed by atoms with van der Waals surface area (Å²) >= 11 is 0. The maximum Gasteiger partial charge on any atom is 0.317 e. The minimum atomic E-state index is -1.27. The lowest BCUT2D eigenvalue weighted by atomic mass is 10.1. The molecule has 2 N–H and O–H groups in total. The van der Waals surface area contributed by atoms with Gasteiger partial charge in [-0.3, -0.25) is 9.59 Å². The van der Waals surface area contributed by atoms with Crippen molar-refractivity contribution in [1.29, 1.82) is 0 Å². The van der Waals surface area contributed by atoms with E-state index in [1.807, 2.05) is 0 Å². The Morgan fingerprint density at radius 3 is 1.45 bits per heavy atom. The van der Waals surface area contributed by atoms with Gasteiger partial charge >= 0.3 is 11.9 Å². The molecule has 68 valence electrons. The monoisotopic (exact) mass is 204 g/mol. The molecule has 0 heterocycles. The molecule has 0 aromatic rings. The number of hydrogen-bond donors (Lipinski definition) is 2. The van der Waals surface area contributed by atoms with Crippen molar-refractivity contribution in [3.05, 3.63) is 0 Å². The minimum absolute atomic E-state index is 0. The van der Waals surface area contributed by atoms with Gasteiger partial charge in [0.25, 0.3) is 0 Å². The Balaban J connectivity index is -0.000000320. The molecule has 0 atom stereocenters. The number of hydrogen-bond acceptors (Lipinski definition) is 2. The van der Waals surface area contributed by atoms with E-state index in [1.54, 1.807) is 0 Å². The Morgan fingerprint density at radius 1 is 1.18 bits per heavy atom. The molecule has 6 heteroatoms. The predicted molar refractivity (Wildman–Crippen MR) is 43.5 cm³/mol. The first-order chi connectivity index (χ1) is 4.09. The zero-order valence-corrected chi connectivity index (χ0v) is 7.44. The van der Waals surface area contributed by atoms with Crippen LogP contribution in [0, 0.1) is 5.92 Å². The molecule has 0 fully saturated rings. The molecule has 0 rings (SSSR count). The fraction of sp³-hybridized carbons (Fsp3) is 0.600. The Bertz CT molecular complexity index is 122. The van der Waals surface area contributed by atoms with Crippen molar-refractivity contribution in [3.63, 3.8) is 0 Å². The van der Waals surface area contributed by atoms with E-state index >= 15 is 0 Å². The third-order valence-corrected chi connectivity index (χ3v) is 1.00. The van der Waals surface area contributed by atoms with Crippen molar-refractivity contribution in [1.82, 2.24) is 0 Å². The molecule has 0 aromatic carbocycles. The van der Waals surface area contributed by atoms with Gasteiger partial charge in [-0.15, -0.1) is 24.8 Å². The molecule has 11 heavy (non-hydrogen) atoms. The highest BCUT2D eigenvalue weighted by molar-refractivity contribution is 5.92. The summed E-state index contributed by atoms with van der Waals surface area (Å²) in [6, 6.07) is 0. The van der Waals surface area contributed by atoms with Gasteiger partial charge in [0.2, 0.25) is 0 Å². The maximum absolute atomic E-state index is 9.99. The normalized spacial score (nSPS) is 7.82. The third kappa shape index (κ3) is 5.94. The first-order valence-corrected chi connectivity index (χ1v) is 2.55. The maximum atomic E-state index is 9.99. The number of carboxylic acids is 2. The molecule has 0 aromatic heterocycles. The van der Waals surface area contributed by atoms with Crippen molar-refractivity contribution in [3.8, 4) is 0 Å². The van der Waals surface area contributed by atoms with Crippen molar-refractivity contribution in [2.75, 3.05) is 0 Å². The van der Waals surface area contributed by atoms with Crippen molar-refractivity contribution < 1.29 is 19.8 Å². The summed E-state index contributed by atoms with van der Waals surface area (Å²) in [6.07, 6.45) is 0.130. The van der Waals surface area contributed by atoms with E-state index in [0.29, 0.717) is 0 Å². The van der Waals surface area contributed by atoms with Crippen LogP contribution in [0.4, 0.5) is 0 Å². The van der Waals surface area contributed by atoms with Gasteiger partial charge in [0.05, 0.1) is 0 Å². The molecular formula is C5H10Cl2O4. The number of halogens is 2. The Hall–Kier alpha value is -0.480.